The van der Waals surface area contributed by atoms with Crippen LogP contribution in [0.25, 0.3) is 0 Å². The van der Waals surface area contributed by atoms with Gasteiger partial charge in [0.2, 0.25) is 0 Å². The van der Waals surface area contributed by atoms with Gasteiger partial charge in [-0.25, -0.2) is 0 Å². The van der Waals surface area contributed by atoms with Gasteiger partial charge in [0.05, 0.1) is 6.20 Å². The number of ether oxygens (including phenoxy) is 1. The number of nitrogens with zero attached hydrogens (tertiary/aromatic N) is 3. The molecule has 0 radical (unpaired) electrons. The van der Waals surface area contributed by atoms with E-state index >= 15 is 0 Å². The number of likely N-dealkylation sites (N-methyl/N-ethyl adjacent to an activating group) is 1. The van der Waals surface area contributed by atoms with Gasteiger partial charge in [-0.05, 0) is 44.6 Å². The summed E-state index contributed by atoms with van der Waals surface area (Å²) in [5, 5.41) is 4.15. The smallest absolute Gasteiger partial charge is 0.254 e. The van der Waals surface area contributed by atoms with E-state index in [4.69, 9.17) is 4.74 Å². The Kier molecular flexibility index (Phi) is 4.81. The van der Waals surface area contributed by atoms with Crippen molar-refractivity contribution < 1.29 is 9.53 Å². The highest BCUT2D eigenvalue weighted by atomic mass is 16.5. The summed E-state index contributed by atoms with van der Waals surface area (Å²) >= 11 is 0. The molecule has 1 aliphatic heterocycles. The maximum atomic E-state index is 12.5. The quantitative estimate of drug-likeness (QED) is 0.825. The standard InChI is InChI=1S/C15H25N3O2/c1-15(8-4-5-10-20-15)14(19)17(2)9-6-7-13-11-16-18(3)12-13/h11-12H,4-10H2,1-3H3/t15-/m0/s1. The largest absolute Gasteiger partial charge is 0.365 e. The van der Waals surface area contributed by atoms with Crippen molar-refractivity contribution in [3.05, 3.63) is 18.0 Å². The van der Waals surface area contributed by atoms with Gasteiger partial charge in [-0.1, -0.05) is 0 Å². The Labute approximate surface area is 120 Å². The van der Waals surface area contributed by atoms with Gasteiger partial charge in [0, 0.05) is 33.4 Å². The lowest BCUT2D eigenvalue weighted by molar-refractivity contribution is -0.160. The third kappa shape index (κ3) is 3.60. The predicted octanol–water partition coefficient (Wildman–Crippen LogP) is 1.77. The molecule has 5 heteroatoms. The number of carbonyl (C=O) groups is 1. The molecule has 1 aliphatic rings. The molecule has 0 unspecified atom stereocenters. The summed E-state index contributed by atoms with van der Waals surface area (Å²) in [6.45, 7) is 3.38. The van der Waals surface area contributed by atoms with Crippen LogP contribution < -0.4 is 0 Å². The van der Waals surface area contributed by atoms with Crippen LogP contribution in [-0.2, 0) is 23.0 Å². The zero-order valence-electron chi connectivity index (χ0n) is 12.8. The molecule has 0 spiro atoms. The fourth-order valence-corrected chi connectivity index (χ4v) is 2.73. The Balaban J connectivity index is 1.79. The second-order valence-corrected chi connectivity index (χ2v) is 5.89. The molecular formula is C15H25N3O2. The average Bonchev–Trinajstić information content (AvgIpc) is 2.84. The number of hydrogen-bond donors (Lipinski definition) is 0. The van der Waals surface area contributed by atoms with Crippen LogP contribution in [0.15, 0.2) is 12.4 Å². The SMILES string of the molecule is CN(CCCc1cnn(C)c1)C(=O)[C@]1(C)CCCCO1. The van der Waals surface area contributed by atoms with Crippen LogP contribution in [0.3, 0.4) is 0 Å². The zero-order valence-corrected chi connectivity index (χ0v) is 12.8. The molecule has 0 N–H and O–H groups in total. The first-order valence-electron chi connectivity index (χ1n) is 7.38. The van der Waals surface area contributed by atoms with Gasteiger partial charge >= 0.3 is 0 Å². The Morgan fingerprint density at radius 2 is 2.35 bits per heavy atom. The summed E-state index contributed by atoms with van der Waals surface area (Å²) in [5.41, 5.74) is 0.606. The van der Waals surface area contributed by atoms with Crippen molar-refractivity contribution in [2.75, 3.05) is 20.2 Å². The van der Waals surface area contributed by atoms with Crippen molar-refractivity contribution in [2.45, 2.75) is 44.6 Å². The molecule has 2 rings (SSSR count). The summed E-state index contributed by atoms with van der Waals surface area (Å²) in [4.78, 5) is 14.3. The van der Waals surface area contributed by atoms with Gasteiger partial charge in [0.1, 0.15) is 5.60 Å². The lowest BCUT2D eigenvalue weighted by Crippen LogP contribution is -2.49. The number of hydrogen-bond acceptors (Lipinski definition) is 3. The highest BCUT2D eigenvalue weighted by molar-refractivity contribution is 5.84. The van der Waals surface area contributed by atoms with Crippen LogP contribution in [0.2, 0.25) is 0 Å². The van der Waals surface area contributed by atoms with Gasteiger partial charge in [-0.2, -0.15) is 5.10 Å². The molecule has 2 heterocycles. The van der Waals surface area contributed by atoms with Crippen molar-refractivity contribution in [1.82, 2.24) is 14.7 Å². The van der Waals surface area contributed by atoms with Crippen molar-refractivity contribution >= 4 is 5.91 Å². The summed E-state index contributed by atoms with van der Waals surface area (Å²) in [5.74, 6) is 0.114. The monoisotopic (exact) mass is 279 g/mol. The van der Waals surface area contributed by atoms with Crippen LogP contribution in [0.4, 0.5) is 0 Å². The highest BCUT2D eigenvalue weighted by Crippen LogP contribution is 2.26. The van der Waals surface area contributed by atoms with Crippen LogP contribution in [0.1, 0.15) is 38.2 Å². The van der Waals surface area contributed by atoms with E-state index in [9.17, 15) is 4.79 Å². The van der Waals surface area contributed by atoms with E-state index in [0.717, 1.165) is 38.6 Å². The van der Waals surface area contributed by atoms with Crippen molar-refractivity contribution in [3.63, 3.8) is 0 Å². The van der Waals surface area contributed by atoms with E-state index in [1.165, 1.54) is 5.56 Å². The summed E-state index contributed by atoms with van der Waals surface area (Å²) in [7, 11) is 3.79. The van der Waals surface area contributed by atoms with E-state index in [2.05, 4.69) is 5.10 Å². The molecule has 1 aromatic heterocycles. The third-order valence-corrected chi connectivity index (χ3v) is 3.99. The maximum absolute atomic E-state index is 12.5. The van der Waals surface area contributed by atoms with Crippen LogP contribution in [-0.4, -0.2) is 46.4 Å². The molecule has 5 nitrogen and oxygen atoms in total. The maximum Gasteiger partial charge on any atom is 0.254 e. The minimum atomic E-state index is -0.610. The van der Waals surface area contributed by atoms with Gasteiger partial charge in [-0.3, -0.25) is 9.48 Å². The van der Waals surface area contributed by atoms with Gasteiger partial charge in [0.15, 0.2) is 0 Å². The molecular weight excluding hydrogens is 254 g/mol. The van der Waals surface area contributed by atoms with E-state index in [1.54, 1.807) is 4.68 Å². The third-order valence-electron chi connectivity index (χ3n) is 3.99. The molecule has 1 fully saturated rings. The molecule has 0 saturated carbocycles. The topological polar surface area (TPSA) is 47.4 Å². The summed E-state index contributed by atoms with van der Waals surface area (Å²) in [6, 6.07) is 0. The van der Waals surface area contributed by atoms with E-state index in [1.807, 2.05) is 38.3 Å². The molecule has 20 heavy (non-hydrogen) atoms. The Morgan fingerprint density at radius 3 is 2.95 bits per heavy atom. The van der Waals surface area contributed by atoms with Gasteiger partial charge < -0.3 is 9.64 Å². The zero-order chi connectivity index (χ0) is 14.6. The fraction of sp³-hybridized carbons (Fsp3) is 0.733. The van der Waals surface area contributed by atoms with E-state index in [0.29, 0.717) is 6.61 Å². The first-order valence-corrected chi connectivity index (χ1v) is 7.38. The Morgan fingerprint density at radius 1 is 1.55 bits per heavy atom. The molecule has 1 saturated heterocycles. The first-order chi connectivity index (χ1) is 9.51. The summed E-state index contributed by atoms with van der Waals surface area (Å²) < 4.78 is 7.52. The van der Waals surface area contributed by atoms with Crippen molar-refractivity contribution in [1.29, 1.82) is 0 Å². The number of amides is 1. The number of aromatic nitrogens is 2. The lowest BCUT2D eigenvalue weighted by Gasteiger charge is -2.35. The second kappa shape index (κ2) is 6.39. The Bertz CT molecular complexity index is 450. The van der Waals surface area contributed by atoms with Crippen molar-refractivity contribution in [2.24, 2.45) is 7.05 Å². The Hall–Kier alpha value is -1.36. The predicted molar refractivity (Wildman–Crippen MR) is 77.4 cm³/mol. The minimum absolute atomic E-state index is 0.114. The first kappa shape index (κ1) is 15.0. The average molecular weight is 279 g/mol. The molecule has 1 atom stereocenters. The van der Waals surface area contributed by atoms with Gasteiger partial charge in [0.25, 0.3) is 5.91 Å². The second-order valence-electron chi connectivity index (χ2n) is 5.89. The van der Waals surface area contributed by atoms with E-state index < -0.39 is 5.60 Å². The van der Waals surface area contributed by atoms with Crippen molar-refractivity contribution in [3.8, 4) is 0 Å². The fourth-order valence-electron chi connectivity index (χ4n) is 2.73. The number of rotatable bonds is 5. The lowest BCUT2D eigenvalue weighted by atomic mass is 9.94. The molecule has 0 aromatic carbocycles. The van der Waals surface area contributed by atoms with Gasteiger partial charge in [-0.15, -0.1) is 0 Å². The molecule has 1 amide bonds. The highest BCUT2D eigenvalue weighted by Gasteiger charge is 2.37. The number of aryl methyl sites for hydroxylation is 2. The molecule has 1 aromatic rings. The van der Waals surface area contributed by atoms with Crippen LogP contribution >= 0.6 is 0 Å². The normalized spacial score (nSPS) is 22.8. The summed E-state index contributed by atoms with van der Waals surface area (Å²) in [6.07, 6.45) is 8.77. The van der Waals surface area contributed by atoms with Crippen LogP contribution in [0, 0.1) is 0 Å². The minimum Gasteiger partial charge on any atom is -0.365 e. The van der Waals surface area contributed by atoms with E-state index in [-0.39, 0.29) is 5.91 Å². The molecule has 0 bridgehead atoms. The van der Waals surface area contributed by atoms with Crippen LogP contribution in [0.5, 0.6) is 0 Å². The molecule has 112 valence electrons. The number of carbonyl (C=O) groups excluding carboxylic acids is 1. The molecule has 0 aliphatic carbocycles.